The SMILES string of the molecule is CCOc1ccc(NC(=O)C2CCCC(N)C2)cc1F.Cl. The number of nitrogens with one attached hydrogen (secondary N) is 1. The molecule has 4 nitrogen and oxygen atoms in total. The Morgan fingerprint density at radius 3 is 2.86 bits per heavy atom. The molecule has 6 heteroatoms. The number of hydrogen-bond donors (Lipinski definition) is 2. The Morgan fingerprint density at radius 2 is 2.24 bits per heavy atom. The fourth-order valence-corrected chi connectivity index (χ4v) is 2.56. The van der Waals surface area contributed by atoms with Crippen molar-refractivity contribution in [2.45, 2.75) is 38.6 Å². The van der Waals surface area contributed by atoms with Gasteiger partial charge in [0.05, 0.1) is 6.61 Å². The zero-order valence-electron chi connectivity index (χ0n) is 12.1. The molecule has 0 heterocycles. The molecular weight excluding hydrogens is 295 g/mol. The molecule has 2 atom stereocenters. The second-order valence-electron chi connectivity index (χ2n) is 5.19. The van der Waals surface area contributed by atoms with Crippen LogP contribution in [0.5, 0.6) is 5.75 Å². The van der Waals surface area contributed by atoms with E-state index in [1.807, 2.05) is 0 Å². The predicted octanol–water partition coefficient (Wildman–Crippen LogP) is 3.10. The Labute approximate surface area is 130 Å². The van der Waals surface area contributed by atoms with Crippen molar-refractivity contribution >= 4 is 24.0 Å². The molecular formula is C15H22ClFN2O2. The van der Waals surface area contributed by atoms with E-state index in [0.717, 1.165) is 19.3 Å². The molecule has 0 radical (unpaired) electrons. The van der Waals surface area contributed by atoms with Crippen LogP contribution >= 0.6 is 12.4 Å². The number of amides is 1. The highest BCUT2D eigenvalue weighted by Crippen LogP contribution is 2.26. The van der Waals surface area contributed by atoms with Gasteiger partial charge in [-0.1, -0.05) is 6.42 Å². The molecule has 118 valence electrons. The monoisotopic (exact) mass is 316 g/mol. The van der Waals surface area contributed by atoms with Crippen molar-refractivity contribution in [2.75, 3.05) is 11.9 Å². The van der Waals surface area contributed by atoms with Gasteiger partial charge in [-0.2, -0.15) is 0 Å². The van der Waals surface area contributed by atoms with E-state index in [1.165, 1.54) is 12.1 Å². The first-order chi connectivity index (χ1) is 9.60. The van der Waals surface area contributed by atoms with Crippen LogP contribution in [-0.2, 0) is 4.79 Å². The Hall–Kier alpha value is -1.33. The summed E-state index contributed by atoms with van der Waals surface area (Å²) in [6, 6.07) is 4.55. The van der Waals surface area contributed by atoms with E-state index >= 15 is 0 Å². The molecule has 2 rings (SSSR count). The van der Waals surface area contributed by atoms with Gasteiger partial charge in [-0.05, 0) is 38.3 Å². The van der Waals surface area contributed by atoms with Crippen molar-refractivity contribution in [3.63, 3.8) is 0 Å². The van der Waals surface area contributed by atoms with Crippen LogP contribution < -0.4 is 15.8 Å². The van der Waals surface area contributed by atoms with Gasteiger partial charge in [-0.15, -0.1) is 12.4 Å². The molecule has 1 fully saturated rings. The van der Waals surface area contributed by atoms with Gasteiger partial charge in [0, 0.05) is 23.7 Å². The molecule has 0 aromatic heterocycles. The lowest BCUT2D eigenvalue weighted by atomic mass is 9.85. The zero-order valence-corrected chi connectivity index (χ0v) is 12.9. The maximum absolute atomic E-state index is 13.7. The van der Waals surface area contributed by atoms with Crippen LogP contribution in [0.4, 0.5) is 10.1 Å². The number of hydrogen-bond acceptors (Lipinski definition) is 3. The molecule has 3 N–H and O–H groups in total. The first kappa shape index (κ1) is 17.7. The molecule has 0 bridgehead atoms. The second kappa shape index (κ2) is 8.20. The van der Waals surface area contributed by atoms with Gasteiger partial charge in [0.25, 0.3) is 0 Å². The average molecular weight is 317 g/mol. The van der Waals surface area contributed by atoms with Gasteiger partial charge >= 0.3 is 0 Å². The Kier molecular flexibility index (Phi) is 6.92. The number of carbonyl (C=O) groups excluding carboxylic acids is 1. The van der Waals surface area contributed by atoms with E-state index in [4.69, 9.17) is 10.5 Å². The largest absolute Gasteiger partial charge is 0.491 e. The smallest absolute Gasteiger partial charge is 0.227 e. The minimum absolute atomic E-state index is 0. The van der Waals surface area contributed by atoms with Crippen molar-refractivity contribution in [3.8, 4) is 5.75 Å². The minimum atomic E-state index is -0.468. The van der Waals surface area contributed by atoms with Crippen LogP contribution in [0.25, 0.3) is 0 Å². The summed E-state index contributed by atoms with van der Waals surface area (Å²) in [5, 5.41) is 2.75. The van der Waals surface area contributed by atoms with Crippen molar-refractivity contribution in [2.24, 2.45) is 11.7 Å². The zero-order chi connectivity index (χ0) is 14.5. The fourth-order valence-electron chi connectivity index (χ4n) is 2.56. The highest BCUT2D eigenvalue weighted by atomic mass is 35.5. The summed E-state index contributed by atoms with van der Waals surface area (Å²) in [6.45, 7) is 2.20. The summed E-state index contributed by atoms with van der Waals surface area (Å²) in [6.07, 6.45) is 3.49. The second-order valence-corrected chi connectivity index (χ2v) is 5.19. The lowest BCUT2D eigenvalue weighted by Gasteiger charge is -2.25. The molecule has 1 saturated carbocycles. The molecule has 1 aliphatic carbocycles. The number of rotatable bonds is 4. The fraction of sp³-hybridized carbons (Fsp3) is 0.533. The van der Waals surface area contributed by atoms with Crippen molar-refractivity contribution in [1.82, 2.24) is 0 Å². The normalized spacial score (nSPS) is 21.3. The van der Waals surface area contributed by atoms with Crippen molar-refractivity contribution in [3.05, 3.63) is 24.0 Å². The third kappa shape index (κ3) is 4.86. The first-order valence-corrected chi connectivity index (χ1v) is 7.09. The topological polar surface area (TPSA) is 64.3 Å². The van der Waals surface area contributed by atoms with Crippen LogP contribution in [0, 0.1) is 11.7 Å². The van der Waals surface area contributed by atoms with Crippen LogP contribution in [0.15, 0.2) is 18.2 Å². The van der Waals surface area contributed by atoms with Gasteiger partial charge in [0.15, 0.2) is 11.6 Å². The third-order valence-corrected chi connectivity index (χ3v) is 3.58. The standard InChI is InChI=1S/C15H21FN2O2.ClH/c1-2-20-14-7-6-12(9-13(14)16)18-15(19)10-4-3-5-11(17)8-10;/h6-7,9-11H,2-5,8,17H2,1H3,(H,18,19);1H. The van der Waals surface area contributed by atoms with E-state index in [1.54, 1.807) is 13.0 Å². The molecule has 2 unspecified atom stereocenters. The molecule has 1 amide bonds. The summed E-state index contributed by atoms with van der Waals surface area (Å²) >= 11 is 0. The summed E-state index contributed by atoms with van der Waals surface area (Å²) in [4.78, 5) is 12.1. The summed E-state index contributed by atoms with van der Waals surface area (Å²) in [5.74, 6) is -0.424. The Morgan fingerprint density at radius 1 is 1.48 bits per heavy atom. The summed E-state index contributed by atoms with van der Waals surface area (Å²) in [5.41, 5.74) is 6.33. The van der Waals surface area contributed by atoms with E-state index in [9.17, 15) is 9.18 Å². The number of benzene rings is 1. The number of carbonyl (C=O) groups is 1. The average Bonchev–Trinajstić information content (AvgIpc) is 2.42. The summed E-state index contributed by atoms with van der Waals surface area (Å²) in [7, 11) is 0. The highest BCUT2D eigenvalue weighted by Gasteiger charge is 2.25. The number of ether oxygens (including phenoxy) is 1. The third-order valence-electron chi connectivity index (χ3n) is 3.58. The predicted molar refractivity (Wildman–Crippen MR) is 83.4 cm³/mol. The first-order valence-electron chi connectivity index (χ1n) is 7.09. The van der Waals surface area contributed by atoms with Gasteiger partial charge in [0.1, 0.15) is 0 Å². The van der Waals surface area contributed by atoms with Gasteiger partial charge in [0.2, 0.25) is 5.91 Å². The molecule has 1 aliphatic rings. The van der Waals surface area contributed by atoms with Gasteiger partial charge in [-0.25, -0.2) is 4.39 Å². The molecule has 1 aromatic carbocycles. The van der Waals surface area contributed by atoms with E-state index < -0.39 is 5.82 Å². The lowest BCUT2D eigenvalue weighted by molar-refractivity contribution is -0.120. The highest BCUT2D eigenvalue weighted by molar-refractivity contribution is 5.92. The van der Waals surface area contributed by atoms with Gasteiger partial charge in [-0.3, -0.25) is 4.79 Å². The summed E-state index contributed by atoms with van der Waals surface area (Å²) < 4.78 is 18.8. The minimum Gasteiger partial charge on any atom is -0.491 e. The van der Waals surface area contributed by atoms with Crippen molar-refractivity contribution < 1.29 is 13.9 Å². The molecule has 1 aromatic rings. The lowest BCUT2D eigenvalue weighted by Crippen LogP contribution is -2.34. The Balaban J connectivity index is 0.00000220. The van der Waals surface area contributed by atoms with E-state index in [0.29, 0.717) is 18.7 Å². The number of anilines is 1. The van der Waals surface area contributed by atoms with E-state index in [2.05, 4.69) is 5.32 Å². The Bertz CT molecular complexity index is 485. The van der Waals surface area contributed by atoms with Gasteiger partial charge < -0.3 is 15.8 Å². The molecule has 0 spiro atoms. The van der Waals surface area contributed by atoms with Crippen LogP contribution in [0.2, 0.25) is 0 Å². The maximum atomic E-state index is 13.7. The van der Waals surface area contributed by atoms with Crippen LogP contribution in [0.3, 0.4) is 0 Å². The van der Waals surface area contributed by atoms with Crippen molar-refractivity contribution in [1.29, 1.82) is 0 Å². The molecule has 21 heavy (non-hydrogen) atoms. The van der Waals surface area contributed by atoms with E-state index in [-0.39, 0.29) is 36.0 Å². The molecule has 0 aliphatic heterocycles. The maximum Gasteiger partial charge on any atom is 0.227 e. The van der Waals surface area contributed by atoms with Crippen LogP contribution in [-0.4, -0.2) is 18.6 Å². The number of nitrogens with two attached hydrogens (primary N) is 1. The quantitative estimate of drug-likeness (QED) is 0.897. The van der Waals surface area contributed by atoms with Crippen LogP contribution in [0.1, 0.15) is 32.6 Å². The number of halogens is 2. The molecule has 0 saturated heterocycles.